The molecule has 2 heteroatoms. The smallest absolute Gasteiger partial charge is 0.123 e. The molecule has 0 atom stereocenters. The normalized spacial score (nSPS) is 12.3. The molecule has 0 aromatic heterocycles. The fraction of sp³-hybridized carbons (Fsp3) is 0.429. The SMILES string of the molecule is CC(C)(C)c1ccc(OCc2ccccc2Br)c(C(C)(C)C)c1. The van der Waals surface area contributed by atoms with Crippen molar-refractivity contribution in [3.8, 4) is 5.75 Å². The van der Waals surface area contributed by atoms with Crippen molar-refractivity contribution < 1.29 is 4.74 Å². The summed E-state index contributed by atoms with van der Waals surface area (Å²) >= 11 is 3.59. The van der Waals surface area contributed by atoms with E-state index in [1.54, 1.807) is 0 Å². The molecule has 0 bridgehead atoms. The number of ether oxygens (including phenoxy) is 1. The van der Waals surface area contributed by atoms with Gasteiger partial charge in [-0.25, -0.2) is 0 Å². The Morgan fingerprint density at radius 3 is 2.09 bits per heavy atom. The van der Waals surface area contributed by atoms with Gasteiger partial charge in [-0.1, -0.05) is 87.8 Å². The van der Waals surface area contributed by atoms with Crippen molar-refractivity contribution in [1.82, 2.24) is 0 Å². The third-order valence-electron chi connectivity index (χ3n) is 3.99. The second-order valence-corrected chi connectivity index (χ2v) is 8.95. The van der Waals surface area contributed by atoms with Gasteiger partial charge in [0.05, 0.1) is 0 Å². The van der Waals surface area contributed by atoms with Crippen LogP contribution in [0, 0.1) is 0 Å². The zero-order chi connectivity index (χ0) is 17.3. The summed E-state index contributed by atoms with van der Waals surface area (Å²) in [7, 11) is 0. The third kappa shape index (κ3) is 4.60. The highest BCUT2D eigenvalue weighted by Gasteiger charge is 2.23. The fourth-order valence-corrected chi connectivity index (χ4v) is 2.88. The summed E-state index contributed by atoms with van der Waals surface area (Å²) in [6.07, 6.45) is 0. The molecule has 0 aliphatic rings. The molecule has 0 unspecified atom stereocenters. The first-order chi connectivity index (χ1) is 10.6. The van der Waals surface area contributed by atoms with E-state index in [1.165, 1.54) is 11.1 Å². The maximum absolute atomic E-state index is 6.17. The second-order valence-electron chi connectivity index (χ2n) is 8.09. The summed E-state index contributed by atoms with van der Waals surface area (Å²) in [5.41, 5.74) is 3.95. The maximum Gasteiger partial charge on any atom is 0.123 e. The van der Waals surface area contributed by atoms with E-state index in [0.29, 0.717) is 6.61 Å². The van der Waals surface area contributed by atoms with Crippen molar-refractivity contribution in [3.05, 3.63) is 63.6 Å². The van der Waals surface area contributed by atoms with Crippen molar-refractivity contribution in [2.75, 3.05) is 0 Å². The molecule has 0 fully saturated rings. The van der Waals surface area contributed by atoms with Gasteiger partial charge in [-0.2, -0.15) is 0 Å². The number of halogens is 1. The predicted molar refractivity (Wildman–Crippen MR) is 102 cm³/mol. The van der Waals surface area contributed by atoms with E-state index >= 15 is 0 Å². The molecular formula is C21H27BrO. The Kier molecular flexibility index (Phi) is 5.25. The molecule has 0 spiro atoms. The lowest BCUT2D eigenvalue weighted by Gasteiger charge is -2.27. The summed E-state index contributed by atoms with van der Waals surface area (Å²) in [6.45, 7) is 14.0. The van der Waals surface area contributed by atoms with Gasteiger partial charge in [0.25, 0.3) is 0 Å². The standard InChI is InChI=1S/C21H27BrO/c1-20(2,3)16-11-12-19(17(13-16)21(4,5)6)23-14-15-9-7-8-10-18(15)22/h7-13H,14H2,1-6H3. The van der Waals surface area contributed by atoms with Gasteiger partial charge in [-0.3, -0.25) is 0 Å². The van der Waals surface area contributed by atoms with E-state index in [2.05, 4.69) is 81.7 Å². The summed E-state index contributed by atoms with van der Waals surface area (Å²) < 4.78 is 7.25. The molecule has 0 radical (unpaired) electrons. The van der Waals surface area contributed by atoms with Crippen LogP contribution in [0.25, 0.3) is 0 Å². The first-order valence-corrected chi connectivity index (χ1v) is 8.89. The van der Waals surface area contributed by atoms with Crippen LogP contribution in [0.3, 0.4) is 0 Å². The number of benzene rings is 2. The molecule has 0 saturated heterocycles. The van der Waals surface area contributed by atoms with Crippen LogP contribution in [-0.2, 0) is 17.4 Å². The Labute approximate surface area is 149 Å². The zero-order valence-corrected chi connectivity index (χ0v) is 16.6. The lowest BCUT2D eigenvalue weighted by molar-refractivity contribution is 0.296. The third-order valence-corrected chi connectivity index (χ3v) is 4.77. The number of hydrogen-bond acceptors (Lipinski definition) is 1. The molecule has 0 heterocycles. The lowest BCUT2D eigenvalue weighted by atomic mass is 9.80. The Hall–Kier alpha value is -1.28. The second kappa shape index (κ2) is 6.68. The minimum atomic E-state index is 0.0461. The largest absolute Gasteiger partial charge is 0.489 e. The Morgan fingerprint density at radius 1 is 0.870 bits per heavy atom. The summed E-state index contributed by atoms with van der Waals surface area (Å²) in [6, 6.07) is 14.8. The molecule has 2 aromatic carbocycles. The molecule has 1 nitrogen and oxygen atoms in total. The van der Waals surface area contributed by atoms with Gasteiger partial charge < -0.3 is 4.74 Å². The highest BCUT2D eigenvalue weighted by atomic mass is 79.9. The van der Waals surface area contributed by atoms with Crippen molar-refractivity contribution in [1.29, 1.82) is 0 Å². The van der Waals surface area contributed by atoms with E-state index in [9.17, 15) is 0 Å². The Morgan fingerprint density at radius 2 is 1.52 bits per heavy atom. The molecule has 23 heavy (non-hydrogen) atoms. The van der Waals surface area contributed by atoms with Crippen molar-refractivity contribution in [3.63, 3.8) is 0 Å². The molecule has 0 N–H and O–H groups in total. The van der Waals surface area contributed by atoms with E-state index in [0.717, 1.165) is 15.8 Å². The van der Waals surface area contributed by atoms with Crippen molar-refractivity contribution in [2.45, 2.75) is 59.0 Å². The van der Waals surface area contributed by atoms with Gasteiger partial charge in [0.15, 0.2) is 0 Å². The molecule has 124 valence electrons. The van der Waals surface area contributed by atoms with Gasteiger partial charge >= 0.3 is 0 Å². The molecule has 0 aliphatic carbocycles. The van der Waals surface area contributed by atoms with Gasteiger partial charge in [0.1, 0.15) is 12.4 Å². The average molecular weight is 375 g/mol. The fourth-order valence-electron chi connectivity index (χ4n) is 2.48. The lowest BCUT2D eigenvalue weighted by Crippen LogP contribution is -2.17. The van der Waals surface area contributed by atoms with Crippen molar-refractivity contribution >= 4 is 15.9 Å². The van der Waals surface area contributed by atoms with Crippen LogP contribution in [0.1, 0.15) is 58.2 Å². The molecule has 2 aromatic rings. The Bertz CT molecular complexity index is 675. The topological polar surface area (TPSA) is 9.23 Å². The summed E-state index contributed by atoms with van der Waals surface area (Å²) in [5.74, 6) is 0.973. The van der Waals surface area contributed by atoms with E-state index in [-0.39, 0.29) is 10.8 Å². The quantitative estimate of drug-likeness (QED) is 0.586. The van der Waals surface area contributed by atoms with Crippen molar-refractivity contribution in [2.24, 2.45) is 0 Å². The van der Waals surface area contributed by atoms with Crippen LogP contribution in [0.2, 0.25) is 0 Å². The maximum atomic E-state index is 6.17. The Balaban J connectivity index is 2.33. The highest BCUT2D eigenvalue weighted by Crippen LogP contribution is 2.36. The first kappa shape index (κ1) is 18.1. The van der Waals surface area contributed by atoms with Gasteiger partial charge in [-0.05, 0) is 34.1 Å². The number of rotatable bonds is 3. The van der Waals surface area contributed by atoms with Crippen LogP contribution in [0.4, 0.5) is 0 Å². The minimum Gasteiger partial charge on any atom is -0.489 e. The van der Waals surface area contributed by atoms with E-state index < -0.39 is 0 Å². The monoisotopic (exact) mass is 374 g/mol. The van der Waals surface area contributed by atoms with Crippen LogP contribution in [-0.4, -0.2) is 0 Å². The average Bonchev–Trinajstić information content (AvgIpc) is 2.44. The van der Waals surface area contributed by atoms with Gasteiger partial charge in [-0.15, -0.1) is 0 Å². The van der Waals surface area contributed by atoms with Crippen LogP contribution in [0.5, 0.6) is 5.75 Å². The first-order valence-electron chi connectivity index (χ1n) is 8.10. The molecule has 2 rings (SSSR count). The summed E-state index contributed by atoms with van der Waals surface area (Å²) in [5, 5.41) is 0. The summed E-state index contributed by atoms with van der Waals surface area (Å²) in [4.78, 5) is 0. The van der Waals surface area contributed by atoms with Gasteiger partial charge in [0, 0.05) is 10.0 Å². The minimum absolute atomic E-state index is 0.0461. The molecule has 0 saturated carbocycles. The van der Waals surface area contributed by atoms with Crippen LogP contribution in [0.15, 0.2) is 46.9 Å². The van der Waals surface area contributed by atoms with Crippen LogP contribution < -0.4 is 4.74 Å². The molecular weight excluding hydrogens is 348 g/mol. The van der Waals surface area contributed by atoms with E-state index in [1.807, 2.05) is 18.2 Å². The van der Waals surface area contributed by atoms with Crippen LogP contribution >= 0.6 is 15.9 Å². The zero-order valence-electron chi connectivity index (χ0n) is 15.0. The highest BCUT2D eigenvalue weighted by molar-refractivity contribution is 9.10. The van der Waals surface area contributed by atoms with Gasteiger partial charge in [0.2, 0.25) is 0 Å². The molecule has 0 amide bonds. The number of hydrogen-bond donors (Lipinski definition) is 0. The molecule has 0 aliphatic heterocycles. The van der Waals surface area contributed by atoms with E-state index in [4.69, 9.17) is 4.74 Å². The predicted octanol–water partition coefficient (Wildman–Crippen LogP) is 6.62.